The minimum Gasteiger partial charge on any atom is -0.258 e. The van der Waals surface area contributed by atoms with Crippen molar-refractivity contribution >= 4 is 34.6 Å². The molecule has 11 heavy (non-hydrogen) atoms. The summed E-state index contributed by atoms with van der Waals surface area (Å²) in [6, 6.07) is 0. The molecule has 0 aliphatic heterocycles. The Hall–Kier alpha value is -0.480. The van der Waals surface area contributed by atoms with Gasteiger partial charge in [0.2, 0.25) is 0 Å². The van der Waals surface area contributed by atoms with E-state index >= 15 is 0 Å². The van der Waals surface area contributed by atoms with E-state index in [-0.39, 0.29) is 0 Å². The standard InChI is InChI=1S/C7H10N2S2/c1-3-8-5-10-7-11-6-9-4-2/h3-6H,1-2,7H2. The van der Waals surface area contributed by atoms with Gasteiger partial charge in [0.15, 0.2) is 0 Å². The van der Waals surface area contributed by atoms with Crippen molar-refractivity contribution in [1.29, 1.82) is 0 Å². The van der Waals surface area contributed by atoms with Crippen LogP contribution in [0.25, 0.3) is 0 Å². The van der Waals surface area contributed by atoms with Gasteiger partial charge in [-0.05, 0) is 0 Å². The van der Waals surface area contributed by atoms with Crippen molar-refractivity contribution in [1.82, 2.24) is 0 Å². The van der Waals surface area contributed by atoms with Crippen LogP contribution in [-0.4, -0.2) is 16.2 Å². The molecule has 0 fully saturated rings. The van der Waals surface area contributed by atoms with E-state index in [0.29, 0.717) is 0 Å². The predicted octanol–water partition coefficient (Wildman–Crippen LogP) is 2.75. The van der Waals surface area contributed by atoms with Gasteiger partial charge in [-0.3, -0.25) is 9.98 Å². The minimum absolute atomic E-state index is 0.911. The largest absolute Gasteiger partial charge is 0.258 e. The quantitative estimate of drug-likeness (QED) is 0.276. The molecule has 0 rings (SSSR count). The average molecular weight is 186 g/mol. The maximum Gasteiger partial charge on any atom is 0.0604 e. The van der Waals surface area contributed by atoms with Crippen LogP contribution in [0.2, 0.25) is 0 Å². The van der Waals surface area contributed by atoms with E-state index in [1.165, 1.54) is 12.4 Å². The van der Waals surface area contributed by atoms with Gasteiger partial charge in [0.1, 0.15) is 0 Å². The fraction of sp³-hybridized carbons (Fsp3) is 0.143. The van der Waals surface area contributed by atoms with Gasteiger partial charge >= 0.3 is 0 Å². The van der Waals surface area contributed by atoms with E-state index in [9.17, 15) is 0 Å². The first kappa shape index (κ1) is 10.5. The Morgan fingerprint density at radius 1 is 1.00 bits per heavy atom. The first-order valence-corrected chi connectivity index (χ1v) is 5.00. The Labute approximate surface area is 75.6 Å². The lowest BCUT2D eigenvalue weighted by molar-refractivity contribution is 1.64. The molecular weight excluding hydrogens is 176 g/mol. The van der Waals surface area contributed by atoms with Crippen molar-refractivity contribution < 1.29 is 0 Å². The minimum atomic E-state index is 0.911. The van der Waals surface area contributed by atoms with Crippen LogP contribution in [0.1, 0.15) is 0 Å². The van der Waals surface area contributed by atoms with Crippen molar-refractivity contribution in [3.63, 3.8) is 0 Å². The zero-order valence-electron chi connectivity index (χ0n) is 6.14. The Bertz CT molecular complexity index is 146. The molecule has 4 heteroatoms. The second-order valence-corrected chi connectivity index (χ2v) is 3.36. The van der Waals surface area contributed by atoms with Crippen LogP contribution in [0, 0.1) is 0 Å². The molecule has 0 spiro atoms. The Kier molecular flexibility index (Phi) is 9.10. The first-order chi connectivity index (χ1) is 5.41. The molecule has 0 atom stereocenters. The molecule has 0 aromatic heterocycles. The third kappa shape index (κ3) is 9.52. The zero-order valence-corrected chi connectivity index (χ0v) is 7.77. The lowest BCUT2D eigenvalue weighted by atomic mass is 11.1. The monoisotopic (exact) mass is 186 g/mol. The smallest absolute Gasteiger partial charge is 0.0604 e. The maximum atomic E-state index is 3.81. The molecule has 0 unspecified atom stereocenters. The third-order valence-corrected chi connectivity index (χ3v) is 2.25. The van der Waals surface area contributed by atoms with Gasteiger partial charge < -0.3 is 0 Å². The van der Waals surface area contributed by atoms with Gasteiger partial charge in [0.25, 0.3) is 0 Å². The lowest BCUT2D eigenvalue weighted by Gasteiger charge is -1.86. The van der Waals surface area contributed by atoms with Gasteiger partial charge in [-0.2, -0.15) is 0 Å². The highest BCUT2D eigenvalue weighted by atomic mass is 32.2. The molecule has 0 bridgehead atoms. The lowest BCUT2D eigenvalue weighted by Crippen LogP contribution is -1.69. The van der Waals surface area contributed by atoms with Crippen LogP contribution in [0.4, 0.5) is 0 Å². The summed E-state index contributed by atoms with van der Waals surface area (Å²) >= 11 is 3.21. The summed E-state index contributed by atoms with van der Waals surface area (Å²) < 4.78 is 0. The molecule has 0 saturated heterocycles. The molecule has 2 nitrogen and oxygen atoms in total. The highest BCUT2D eigenvalue weighted by Gasteiger charge is 1.79. The highest BCUT2D eigenvalue weighted by Crippen LogP contribution is 2.06. The van der Waals surface area contributed by atoms with E-state index in [2.05, 4.69) is 23.1 Å². The summed E-state index contributed by atoms with van der Waals surface area (Å²) in [5, 5.41) is 0.911. The summed E-state index contributed by atoms with van der Waals surface area (Å²) in [5.74, 6) is 0. The molecule has 0 heterocycles. The van der Waals surface area contributed by atoms with Gasteiger partial charge in [-0.15, -0.1) is 23.5 Å². The summed E-state index contributed by atoms with van der Waals surface area (Å²) in [4.78, 5) is 7.63. The fourth-order valence-electron chi connectivity index (χ4n) is 0.272. The molecule has 0 radical (unpaired) electrons. The number of thioether (sulfide) groups is 2. The van der Waals surface area contributed by atoms with Crippen molar-refractivity contribution in [3.05, 3.63) is 25.6 Å². The topological polar surface area (TPSA) is 24.7 Å². The predicted molar refractivity (Wildman–Crippen MR) is 57.4 cm³/mol. The van der Waals surface area contributed by atoms with Gasteiger partial charge in [-0.25, -0.2) is 0 Å². The third-order valence-electron chi connectivity index (χ3n) is 0.618. The zero-order chi connectivity index (χ0) is 8.36. The van der Waals surface area contributed by atoms with Crippen molar-refractivity contribution in [3.8, 4) is 0 Å². The number of nitrogens with zero attached hydrogens (tertiary/aromatic N) is 2. The highest BCUT2D eigenvalue weighted by molar-refractivity contribution is 8.27. The van der Waals surface area contributed by atoms with E-state index < -0.39 is 0 Å². The molecule has 0 N–H and O–H groups in total. The average Bonchev–Trinajstić information content (AvgIpc) is 2.03. The molecule has 0 aromatic carbocycles. The van der Waals surface area contributed by atoms with E-state index in [0.717, 1.165) is 5.08 Å². The van der Waals surface area contributed by atoms with Crippen LogP contribution >= 0.6 is 23.5 Å². The number of rotatable bonds is 6. The van der Waals surface area contributed by atoms with E-state index in [4.69, 9.17) is 0 Å². The number of hydrogen-bond acceptors (Lipinski definition) is 4. The van der Waals surface area contributed by atoms with Crippen LogP contribution < -0.4 is 0 Å². The Morgan fingerprint density at radius 2 is 1.45 bits per heavy atom. The van der Waals surface area contributed by atoms with E-state index in [1.807, 2.05) is 0 Å². The van der Waals surface area contributed by atoms with Crippen LogP contribution in [0.15, 0.2) is 35.5 Å². The molecule has 0 amide bonds. The van der Waals surface area contributed by atoms with E-state index in [1.54, 1.807) is 34.6 Å². The summed E-state index contributed by atoms with van der Waals surface area (Å²) in [6.07, 6.45) is 3.02. The number of aliphatic imine (C=N–C) groups is 2. The maximum absolute atomic E-state index is 3.81. The Morgan fingerprint density at radius 3 is 1.82 bits per heavy atom. The first-order valence-electron chi connectivity index (χ1n) is 2.90. The second kappa shape index (κ2) is 9.52. The van der Waals surface area contributed by atoms with Gasteiger partial charge in [-0.1, -0.05) is 13.2 Å². The van der Waals surface area contributed by atoms with Crippen molar-refractivity contribution in [2.45, 2.75) is 0 Å². The molecule has 60 valence electrons. The van der Waals surface area contributed by atoms with Crippen LogP contribution in [0.5, 0.6) is 0 Å². The van der Waals surface area contributed by atoms with Gasteiger partial charge in [0, 0.05) is 12.4 Å². The fourth-order valence-corrected chi connectivity index (χ4v) is 1.42. The van der Waals surface area contributed by atoms with Crippen molar-refractivity contribution in [2.75, 3.05) is 5.08 Å². The van der Waals surface area contributed by atoms with Gasteiger partial charge in [0.05, 0.1) is 16.2 Å². The summed E-state index contributed by atoms with van der Waals surface area (Å²) in [6.45, 7) is 6.90. The molecule has 0 aliphatic carbocycles. The van der Waals surface area contributed by atoms with Crippen LogP contribution in [-0.2, 0) is 0 Å². The van der Waals surface area contributed by atoms with Crippen molar-refractivity contribution in [2.24, 2.45) is 9.98 Å². The molecule has 0 saturated carbocycles. The number of hydrogen-bond donors (Lipinski definition) is 0. The SMILES string of the molecule is C=CN=CSCSC=NC=C. The molecule has 0 aromatic rings. The normalized spacial score (nSPS) is 10.9. The molecular formula is C7H10N2S2. The molecule has 0 aliphatic rings. The summed E-state index contributed by atoms with van der Waals surface area (Å²) in [7, 11) is 0. The Balaban J connectivity index is 3.14. The summed E-state index contributed by atoms with van der Waals surface area (Å²) in [5.41, 5.74) is 3.50. The van der Waals surface area contributed by atoms with Crippen LogP contribution in [0.3, 0.4) is 0 Å². The second-order valence-electron chi connectivity index (χ2n) is 1.33.